The number of benzene rings is 1. The second kappa shape index (κ2) is 10.3. The number of hydrogen-bond acceptors (Lipinski definition) is 8. The minimum absolute atomic E-state index is 0.112. The lowest BCUT2D eigenvalue weighted by Gasteiger charge is -2.22. The number of pyridine rings is 1. The van der Waals surface area contributed by atoms with Crippen LogP contribution < -0.4 is 14.8 Å². The van der Waals surface area contributed by atoms with Crippen LogP contribution in [0.3, 0.4) is 0 Å². The number of fused-ring (bicyclic) bond motifs is 1. The molecule has 3 heterocycles. The summed E-state index contributed by atoms with van der Waals surface area (Å²) >= 11 is 1.25. The van der Waals surface area contributed by atoms with Gasteiger partial charge in [0, 0.05) is 42.1 Å². The highest BCUT2D eigenvalue weighted by atomic mass is 32.2. The van der Waals surface area contributed by atoms with Gasteiger partial charge in [-0.05, 0) is 43.7 Å². The van der Waals surface area contributed by atoms with Gasteiger partial charge < -0.3 is 19.7 Å². The third kappa shape index (κ3) is 6.19. The number of aryl methyl sites for hydroxylation is 2. The minimum Gasteiger partial charge on any atom is -0.454 e. The average Bonchev–Trinajstić information content (AvgIpc) is 3.25. The van der Waals surface area contributed by atoms with Crippen molar-refractivity contribution in [1.82, 2.24) is 19.9 Å². The molecule has 0 bridgehead atoms. The molecule has 1 N–H and O–H groups in total. The second-order valence-electron chi connectivity index (χ2n) is 7.45. The molecule has 1 aliphatic heterocycles. The largest absolute Gasteiger partial charge is 0.454 e. The number of carbonyl (C=O) groups is 2. The minimum atomic E-state index is -0.321. The van der Waals surface area contributed by atoms with Crippen molar-refractivity contribution < 1.29 is 19.1 Å². The third-order valence-corrected chi connectivity index (χ3v) is 5.56. The molecule has 2 aromatic heterocycles. The number of anilines is 1. The van der Waals surface area contributed by atoms with Gasteiger partial charge in [-0.15, -0.1) is 0 Å². The lowest BCUT2D eigenvalue weighted by Crippen LogP contribution is -2.38. The van der Waals surface area contributed by atoms with Crippen LogP contribution in [0.4, 0.5) is 5.69 Å². The fourth-order valence-electron chi connectivity index (χ4n) is 3.27. The van der Waals surface area contributed by atoms with Gasteiger partial charge in [-0.3, -0.25) is 14.6 Å². The van der Waals surface area contributed by atoms with E-state index in [0.717, 1.165) is 17.0 Å². The molecule has 0 radical (unpaired) electrons. The number of aromatic nitrogens is 3. The van der Waals surface area contributed by atoms with Crippen molar-refractivity contribution in [2.24, 2.45) is 0 Å². The third-order valence-electron chi connectivity index (χ3n) is 4.73. The van der Waals surface area contributed by atoms with Crippen molar-refractivity contribution in [1.29, 1.82) is 0 Å². The second-order valence-corrected chi connectivity index (χ2v) is 8.39. The molecule has 33 heavy (non-hydrogen) atoms. The first-order valence-corrected chi connectivity index (χ1v) is 11.3. The summed E-state index contributed by atoms with van der Waals surface area (Å²) in [6.07, 6.45) is 3.34. The Labute approximate surface area is 195 Å². The average molecular weight is 466 g/mol. The maximum absolute atomic E-state index is 13.0. The summed E-state index contributed by atoms with van der Waals surface area (Å²) in [5.41, 5.74) is 3.07. The molecule has 170 valence electrons. The van der Waals surface area contributed by atoms with Crippen LogP contribution >= 0.6 is 11.8 Å². The van der Waals surface area contributed by atoms with Crippen LogP contribution in [0.25, 0.3) is 0 Å². The van der Waals surface area contributed by atoms with Gasteiger partial charge in [-0.25, -0.2) is 9.97 Å². The SMILES string of the molecule is Cc1cc(C)nc(SCC(=O)N(CC(=O)Nc2ccc3c(c2)OCO3)Cc2cccnc2)n1. The Morgan fingerprint density at radius 1 is 1.09 bits per heavy atom. The van der Waals surface area contributed by atoms with Gasteiger partial charge in [0.05, 0.1) is 5.75 Å². The van der Waals surface area contributed by atoms with E-state index in [4.69, 9.17) is 9.47 Å². The van der Waals surface area contributed by atoms with Crippen LogP contribution in [0.2, 0.25) is 0 Å². The molecule has 4 rings (SSSR count). The fourth-order valence-corrected chi connectivity index (χ4v) is 4.12. The van der Waals surface area contributed by atoms with Gasteiger partial charge in [0.1, 0.15) is 6.54 Å². The first kappa shape index (κ1) is 22.5. The van der Waals surface area contributed by atoms with E-state index in [-0.39, 0.29) is 37.4 Å². The summed E-state index contributed by atoms with van der Waals surface area (Å²) in [5, 5.41) is 3.35. The van der Waals surface area contributed by atoms with Gasteiger partial charge in [0.2, 0.25) is 18.6 Å². The number of rotatable bonds is 8. The van der Waals surface area contributed by atoms with Crippen molar-refractivity contribution >= 4 is 29.3 Å². The lowest BCUT2D eigenvalue weighted by molar-refractivity contribution is -0.133. The quantitative estimate of drug-likeness (QED) is 0.400. The molecule has 0 saturated heterocycles. The highest BCUT2D eigenvalue weighted by Gasteiger charge is 2.20. The number of thioether (sulfide) groups is 1. The Morgan fingerprint density at radius 3 is 2.64 bits per heavy atom. The monoisotopic (exact) mass is 465 g/mol. The van der Waals surface area contributed by atoms with Crippen LogP contribution in [0.5, 0.6) is 11.5 Å². The Kier molecular flexibility index (Phi) is 7.04. The van der Waals surface area contributed by atoms with Crippen LogP contribution in [0, 0.1) is 13.8 Å². The Balaban J connectivity index is 1.43. The van der Waals surface area contributed by atoms with Crippen molar-refractivity contribution in [3.05, 3.63) is 65.7 Å². The molecule has 1 aliphatic rings. The van der Waals surface area contributed by atoms with Crippen molar-refractivity contribution in [2.45, 2.75) is 25.5 Å². The first-order valence-electron chi connectivity index (χ1n) is 10.3. The topological polar surface area (TPSA) is 107 Å². The van der Waals surface area contributed by atoms with Gasteiger partial charge in [0.25, 0.3) is 0 Å². The van der Waals surface area contributed by atoms with Crippen molar-refractivity contribution in [2.75, 3.05) is 24.4 Å². The molecule has 0 atom stereocenters. The summed E-state index contributed by atoms with van der Waals surface area (Å²) in [7, 11) is 0. The van der Waals surface area contributed by atoms with E-state index in [1.807, 2.05) is 26.0 Å². The summed E-state index contributed by atoms with van der Waals surface area (Å²) in [6, 6.07) is 10.7. The van der Waals surface area contributed by atoms with Crippen molar-refractivity contribution in [3.8, 4) is 11.5 Å². The van der Waals surface area contributed by atoms with Gasteiger partial charge >= 0.3 is 0 Å². The number of nitrogens with zero attached hydrogens (tertiary/aromatic N) is 4. The molecule has 10 heteroatoms. The Bertz CT molecular complexity index is 1140. The number of amides is 2. The molecule has 0 unspecified atom stereocenters. The Morgan fingerprint density at radius 2 is 1.88 bits per heavy atom. The van der Waals surface area contributed by atoms with Crippen LogP contribution in [-0.4, -0.2) is 50.8 Å². The zero-order valence-corrected chi connectivity index (χ0v) is 19.1. The fraction of sp³-hybridized carbons (Fsp3) is 0.261. The lowest BCUT2D eigenvalue weighted by atomic mass is 10.2. The predicted molar refractivity (Wildman–Crippen MR) is 123 cm³/mol. The molecular formula is C23H23N5O4S. The van der Waals surface area contributed by atoms with E-state index in [0.29, 0.717) is 22.3 Å². The Hall–Kier alpha value is -3.66. The van der Waals surface area contributed by atoms with E-state index >= 15 is 0 Å². The molecule has 0 aliphatic carbocycles. The van der Waals surface area contributed by atoms with Crippen LogP contribution in [0.15, 0.2) is 53.9 Å². The van der Waals surface area contributed by atoms with E-state index in [2.05, 4.69) is 20.3 Å². The van der Waals surface area contributed by atoms with Gasteiger partial charge in [-0.1, -0.05) is 17.8 Å². The molecule has 0 fully saturated rings. The molecule has 9 nitrogen and oxygen atoms in total. The number of hydrogen-bond donors (Lipinski definition) is 1. The van der Waals surface area contributed by atoms with E-state index in [1.165, 1.54) is 16.7 Å². The van der Waals surface area contributed by atoms with Crippen LogP contribution in [0.1, 0.15) is 17.0 Å². The number of carbonyl (C=O) groups excluding carboxylic acids is 2. The van der Waals surface area contributed by atoms with Gasteiger partial charge in [0.15, 0.2) is 16.7 Å². The maximum atomic E-state index is 13.0. The molecule has 1 aromatic carbocycles. The van der Waals surface area contributed by atoms with E-state index in [1.54, 1.807) is 36.7 Å². The smallest absolute Gasteiger partial charge is 0.244 e. The first-order chi connectivity index (χ1) is 16.0. The zero-order valence-electron chi connectivity index (χ0n) is 18.3. The highest BCUT2D eigenvalue weighted by molar-refractivity contribution is 7.99. The van der Waals surface area contributed by atoms with Gasteiger partial charge in [-0.2, -0.15) is 0 Å². The number of ether oxygens (including phenoxy) is 2. The molecule has 0 saturated carbocycles. The summed E-state index contributed by atoms with van der Waals surface area (Å²) < 4.78 is 10.6. The van der Waals surface area contributed by atoms with E-state index in [9.17, 15) is 9.59 Å². The molecular weight excluding hydrogens is 442 g/mol. The summed E-state index contributed by atoms with van der Waals surface area (Å²) in [6.45, 7) is 4.07. The molecule has 3 aromatic rings. The van der Waals surface area contributed by atoms with E-state index < -0.39 is 0 Å². The normalized spacial score (nSPS) is 11.8. The number of nitrogens with one attached hydrogen (secondary N) is 1. The van der Waals surface area contributed by atoms with Crippen molar-refractivity contribution in [3.63, 3.8) is 0 Å². The predicted octanol–water partition coefficient (Wildman–Crippen LogP) is 2.98. The summed E-state index contributed by atoms with van der Waals surface area (Å²) in [5.74, 6) is 0.791. The highest BCUT2D eigenvalue weighted by Crippen LogP contribution is 2.34. The zero-order chi connectivity index (χ0) is 23.2. The van der Waals surface area contributed by atoms with Crippen LogP contribution in [-0.2, 0) is 16.1 Å². The summed E-state index contributed by atoms with van der Waals surface area (Å²) in [4.78, 5) is 40.1. The molecule has 2 amide bonds. The molecule has 0 spiro atoms. The standard InChI is InChI=1S/C23H23N5O4S/c1-15-8-16(2)26-23(25-15)33-13-22(30)28(11-17-4-3-7-24-10-17)12-21(29)27-18-5-6-19-20(9-18)32-14-31-19/h3-10H,11-14H2,1-2H3,(H,27,29). The maximum Gasteiger partial charge on any atom is 0.244 e.